The van der Waals surface area contributed by atoms with Crippen molar-refractivity contribution >= 4 is 34.1 Å². The molecule has 1 saturated carbocycles. The molecule has 21 heavy (non-hydrogen) atoms. The highest BCUT2D eigenvalue weighted by Crippen LogP contribution is 2.31. The van der Waals surface area contributed by atoms with Crippen LogP contribution in [0.15, 0.2) is 12.1 Å². The molecule has 1 aliphatic rings. The van der Waals surface area contributed by atoms with Crippen LogP contribution in [0.2, 0.25) is 0 Å². The summed E-state index contributed by atoms with van der Waals surface area (Å²) in [5.41, 5.74) is 0. The van der Waals surface area contributed by atoms with E-state index in [0.29, 0.717) is 9.88 Å². The molecule has 0 aliphatic heterocycles. The molecule has 1 fully saturated rings. The quantitative estimate of drug-likeness (QED) is 0.590. The summed E-state index contributed by atoms with van der Waals surface area (Å²) in [6.45, 7) is 0.0635. The van der Waals surface area contributed by atoms with Crippen LogP contribution in [0.25, 0.3) is 0 Å². The molecule has 1 heterocycles. The van der Waals surface area contributed by atoms with E-state index in [1.165, 1.54) is 0 Å². The number of aliphatic hydroxyl groups is 1. The Morgan fingerprint density at radius 1 is 1.33 bits per heavy atom. The van der Waals surface area contributed by atoms with Crippen LogP contribution in [0.3, 0.4) is 0 Å². The van der Waals surface area contributed by atoms with E-state index >= 15 is 0 Å². The summed E-state index contributed by atoms with van der Waals surface area (Å²) in [6.07, 6.45) is 0.284. The molecule has 2 rings (SSSR count). The number of rotatable bonds is 7. The van der Waals surface area contributed by atoms with Crippen molar-refractivity contribution in [1.82, 2.24) is 5.32 Å². The molecule has 0 radical (unpaired) electrons. The number of carboxylic acids is 1. The summed E-state index contributed by atoms with van der Waals surface area (Å²) >= 11 is 1.16. The molecule has 8 heteroatoms. The molecule has 0 spiro atoms. The fourth-order valence-corrected chi connectivity index (χ4v) is 2.45. The van der Waals surface area contributed by atoms with Crippen LogP contribution < -0.4 is 10.6 Å². The third-order valence-electron chi connectivity index (χ3n) is 3.01. The van der Waals surface area contributed by atoms with Crippen LogP contribution in [-0.4, -0.2) is 40.6 Å². The van der Waals surface area contributed by atoms with Crippen molar-refractivity contribution in [3.63, 3.8) is 0 Å². The molecule has 1 aromatic rings. The predicted molar refractivity (Wildman–Crippen MR) is 76.3 cm³/mol. The smallest absolute Gasteiger partial charge is 0.332 e. The summed E-state index contributed by atoms with van der Waals surface area (Å²) < 4.78 is 0. The minimum absolute atomic E-state index is 0.0200. The van der Waals surface area contributed by atoms with E-state index in [4.69, 9.17) is 10.2 Å². The molecule has 1 atom stereocenters. The molecule has 2 amide bonds. The summed E-state index contributed by atoms with van der Waals surface area (Å²) in [6, 6.07) is 3.25. The van der Waals surface area contributed by atoms with Crippen molar-refractivity contribution < 1.29 is 24.6 Å². The SMILES string of the molecule is O=C(NCC[C@H](O)C(=O)O)c1ccc(NC(=O)C2CC2)s1. The molecule has 4 N–H and O–H groups in total. The van der Waals surface area contributed by atoms with Gasteiger partial charge in [-0.25, -0.2) is 4.79 Å². The van der Waals surface area contributed by atoms with Crippen molar-refractivity contribution in [2.75, 3.05) is 11.9 Å². The number of carbonyl (C=O) groups is 3. The van der Waals surface area contributed by atoms with E-state index in [0.717, 1.165) is 24.2 Å². The molecule has 7 nitrogen and oxygen atoms in total. The first-order valence-electron chi connectivity index (χ1n) is 6.57. The van der Waals surface area contributed by atoms with E-state index < -0.39 is 12.1 Å². The monoisotopic (exact) mass is 312 g/mol. The lowest BCUT2D eigenvalue weighted by Crippen LogP contribution is -2.29. The highest BCUT2D eigenvalue weighted by atomic mass is 32.1. The number of nitrogens with one attached hydrogen (secondary N) is 2. The average molecular weight is 312 g/mol. The van der Waals surface area contributed by atoms with Gasteiger partial charge in [-0.1, -0.05) is 0 Å². The molecule has 0 saturated heterocycles. The lowest BCUT2D eigenvalue weighted by molar-refractivity contribution is -0.146. The van der Waals surface area contributed by atoms with Crippen molar-refractivity contribution in [3.8, 4) is 0 Å². The van der Waals surface area contributed by atoms with Crippen molar-refractivity contribution in [3.05, 3.63) is 17.0 Å². The number of hydrogen-bond donors (Lipinski definition) is 4. The Labute approximate surface area is 125 Å². The zero-order valence-electron chi connectivity index (χ0n) is 11.2. The minimum Gasteiger partial charge on any atom is -0.479 e. The third-order valence-corrected chi connectivity index (χ3v) is 4.01. The Morgan fingerprint density at radius 3 is 2.67 bits per heavy atom. The van der Waals surface area contributed by atoms with Gasteiger partial charge in [0.15, 0.2) is 6.10 Å². The number of thiophene rings is 1. The maximum atomic E-state index is 11.8. The fraction of sp³-hybridized carbons (Fsp3) is 0.462. The van der Waals surface area contributed by atoms with E-state index in [9.17, 15) is 14.4 Å². The molecule has 0 aromatic carbocycles. The van der Waals surface area contributed by atoms with Crippen molar-refractivity contribution in [2.24, 2.45) is 5.92 Å². The Morgan fingerprint density at radius 2 is 2.05 bits per heavy atom. The van der Waals surface area contributed by atoms with Crippen LogP contribution in [0.1, 0.15) is 28.9 Å². The standard InChI is InChI=1S/C13H16N2O5S/c16-8(13(19)20)5-6-14-12(18)9-3-4-10(21-9)15-11(17)7-1-2-7/h3-4,7-8,16H,1-2,5-6H2,(H,14,18)(H,15,17)(H,19,20)/t8-/m0/s1. The number of anilines is 1. The van der Waals surface area contributed by atoms with Gasteiger partial charge in [0.1, 0.15) is 0 Å². The average Bonchev–Trinajstić information content (AvgIpc) is 3.19. The first-order chi connectivity index (χ1) is 9.97. The van der Waals surface area contributed by atoms with Gasteiger partial charge in [0.25, 0.3) is 5.91 Å². The first-order valence-corrected chi connectivity index (χ1v) is 7.39. The van der Waals surface area contributed by atoms with E-state index in [1.54, 1.807) is 12.1 Å². The van der Waals surface area contributed by atoms with Gasteiger partial charge >= 0.3 is 5.97 Å². The van der Waals surface area contributed by atoms with E-state index in [2.05, 4.69) is 10.6 Å². The summed E-state index contributed by atoms with van der Waals surface area (Å²) in [7, 11) is 0. The second kappa shape index (κ2) is 6.68. The molecule has 0 unspecified atom stereocenters. The lowest BCUT2D eigenvalue weighted by Gasteiger charge is -2.06. The van der Waals surface area contributed by atoms with Gasteiger partial charge < -0.3 is 20.8 Å². The third kappa shape index (κ3) is 4.54. The molecular weight excluding hydrogens is 296 g/mol. The summed E-state index contributed by atoms with van der Waals surface area (Å²) in [5, 5.41) is 23.5. The summed E-state index contributed by atoms with van der Waals surface area (Å²) in [5.74, 6) is -1.59. The summed E-state index contributed by atoms with van der Waals surface area (Å²) in [4.78, 5) is 34.2. The zero-order chi connectivity index (χ0) is 15.4. The Balaban J connectivity index is 1.78. The van der Waals surface area contributed by atoms with Gasteiger partial charge in [-0.3, -0.25) is 9.59 Å². The van der Waals surface area contributed by atoms with Crippen molar-refractivity contribution in [1.29, 1.82) is 0 Å². The lowest BCUT2D eigenvalue weighted by atomic mass is 10.2. The topological polar surface area (TPSA) is 116 Å². The van der Waals surface area contributed by atoms with Gasteiger partial charge in [-0.05, 0) is 25.0 Å². The van der Waals surface area contributed by atoms with Crippen LogP contribution >= 0.6 is 11.3 Å². The van der Waals surface area contributed by atoms with Crippen molar-refractivity contribution in [2.45, 2.75) is 25.4 Å². The second-order valence-electron chi connectivity index (χ2n) is 4.83. The minimum atomic E-state index is -1.48. The largest absolute Gasteiger partial charge is 0.479 e. The van der Waals surface area contributed by atoms with E-state index in [-0.39, 0.29) is 30.7 Å². The molecule has 114 valence electrons. The second-order valence-corrected chi connectivity index (χ2v) is 5.91. The number of aliphatic carboxylic acids is 1. The highest BCUT2D eigenvalue weighted by molar-refractivity contribution is 7.18. The Hall–Kier alpha value is -1.93. The molecule has 0 bridgehead atoms. The van der Waals surface area contributed by atoms with Crippen LogP contribution in [-0.2, 0) is 9.59 Å². The maximum absolute atomic E-state index is 11.8. The first kappa shape index (κ1) is 15.5. The van der Waals surface area contributed by atoms with Gasteiger partial charge in [0, 0.05) is 18.9 Å². The Kier molecular flexibility index (Phi) is 4.92. The fourth-order valence-electron chi connectivity index (χ4n) is 1.63. The predicted octanol–water partition coefficient (Wildman–Crippen LogP) is 0.662. The van der Waals surface area contributed by atoms with Gasteiger partial charge in [-0.15, -0.1) is 11.3 Å². The number of aliphatic hydroxyl groups excluding tert-OH is 1. The molecular formula is C13H16N2O5S. The van der Waals surface area contributed by atoms with Gasteiger partial charge in [-0.2, -0.15) is 0 Å². The van der Waals surface area contributed by atoms with Crippen LogP contribution in [0.4, 0.5) is 5.00 Å². The number of carboxylic acid groups (broad SMARTS) is 1. The van der Waals surface area contributed by atoms with Gasteiger partial charge in [0.2, 0.25) is 5.91 Å². The number of carbonyl (C=O) groups excluding carboxylic acids is 2. The van der Waals surface area contributed by atoms with Crippen LogP contribution in [0, 0.1) is 5.92 Å². The number of hydrogen-bond acceptors (Lipinski definition) is 5. The molecule has 1 aliphatic carbocycles. The highest BCUT2D eigenvalue weighted by Gasteiger charge is 2.29. The Bertz CT molecular complexity index is 553. The van der Waals surface area contributed by atoms with E-state index in [1.807, 2.05) is 0 Å². The van der Waals surface area contributed by atoms with Crippen LogP contribution in [0.5, 0.6) is 0 Å². The zero-order valence-corrected chi connectivity index (χ0v) is 12.0. The molecule has 1 aromatic heterocycles. The number of amides is 2. The maximum Gasteiger partial charge on any atom is 0.332 e. The van der Waals surface area contributed by atoms with Gasteiger partial charge in [0.05, 0.1) is 9.88 Å². The normalized spacial score (nSPS) is 15.3.